The van der Waals surface area contributed by atoms with Crippen LogP contribution in [0.5, 0.6) is 5.75 Å². The van der Waals surface area contributed by atoms with Crippen molar-refractivity contribution in [2.75, 3.05) is 12.0 Å². The SMILES string of the molecule is COc1cccc(N2C(=S)NC(c3ccccn3)C2c2cccn2-c2cccnc2)c1. The highest BCUT2D eigenvalue weighted by Gasteiger charge is 2.42. The lowest BCUT2D eigenvalue weighted by molar-refractivity contribution is 0.414. The minimum atomic E-state index is -0.121. The molecule has 7 heteroatoms. The number of hydrogen-bond donors (Lipinski definition) is 1. The van der Waals surface area contributed by atoms with Crippen LogP contribution in [0.1, 0.15) is 23.5 Å². The van der Waals surface area contributed by atoms with Crippen molar-refractivity contribution in [1.82, 2.24) is 19.9 Å². The Morgan fingerprint density at radius 1 is 0.968 bits per heavy atom. The molecule has 1 aliphatic heterocycles. The molecular formula is C24H21N5OS. The third-order valence-electron chi connectivity index (χ3n) is 5.44. The third kappa shape index (κ3) is 3.53. The number of ether oxygens (including phenoxy) is 1. The second-order valence-corrected chi connectivity index (χ2v) is 7.60. The van der Waals surface area contributed by atoms with Crippen molar-refractivity contribution >= 4 is 23.0 Å². The van der Waals surface area contributed by atoms with Gasteiger partial charge in [0, 0.05) is 36.0 Å². The number of aromatic nitrogens is 3. The molecule has 0 bridgehead atoms. The molecule has 0 aliphatic carbocycles. The first-order valence-corrected chi connectivity index (χ1v) is 10.4. The molecule has 154 valence electrons. The monoisotopic (exact) mass is 427 g/mol. The van der Waals surface area contributed by atoms with Gasteiger partial charge in [0.05, 0.1) is 30.7 Å². The van der Waals surface area contributed by atoms with Crippen molar-refractivity contribution in [3.8, 4) is 11.4 Å². The van der Waals surface area contributed by atoms with Crippen LogP contribution in [0.2, 0.25) is 0 Å². The van der Waals surface area contributed by atoms with Crippen LogP contribution in [0.3, 0.4) is 0 Å². The van der Waals surface area contributed by atoms with Gasteiger partial charge in [-0.15, -0.1) is 0 Å². The largest absolute Gasteiger partial charge is 0.497 e. The number of hydrogen-bond acceptors (Lipinski definition) is 4. The Morgan fingerprint density at radius 3 is 2.65 bits per heavy atom. The zero-order valence-electron chi connectivity index (χ0n) is 16.9. The van der Waals surface area contributed by atoms with Crippen molar-refractivity contribution in [3.05, 3.63) is 103 Å². The molecule has 3 aromatic heterocycles. The van der Waals surface area contributed by atoms with E-state index in [4.69, 9.17) is 17.0 Å². The summed E-state index contributed by atoms with van der Waals surface area (Å²) in [4.78, 5) is 11.1. The van der Waals surface area contributed by atoms with Gasteiger partial charge in [-0.25, -0.2) is 0 Å². The molecule has 0 amide bonds. The van der Waals surface area contributed by atoms with Crippen LogP contribution in [0.15, 0.2) is 91.5 Å². The van der Waals surface area contributed by atoms with Gasteiger partial charge in [0.25, 0.3) is 0 Å². The van der Waals surface area contributed by atoms with Crippen molar-refractivity contribution < 1.29 is 4.74 Å². The van der Waals surface area contributed by atoms with E-state index in [0.717, 1.165) is 28.5 Å². The second kappa shape index (κ2) is 8.20. The number of nitrogens with one attached hydrogen (secondary N) is 1. The molecule has 1 N–H and O–H groups in total. The van der Waals surface area contributed by atoms with Crippen LogP contribution in [0.25, 0.3) is 5.69 Å². The van der Waals surface area contributed by atoms with Crippen LogP contribution < -0.4 is 15.0 Å². The van der Waals surface area contributed by atoms with Gasteiger partial charge in [-0.2, -0.15) is 0 Å². The number of rotatable bonds is 5. The molecule has 6 nitrogen and oxygen atoms in total. The molecule has 4 aromatic rings. The zero-order valence-corrected chi connectivity index (χ0v) is 17.7. The topological polar surface area (TPSA) is 55.2 Å². The minimum Gasteiger partial charge on any atom is -0.497 e. The molecule has 0 saturated carbocycles. The van der Waals surface area contributed by atoms with E-state index < -0.39 is 0 Å². The van der Waals surface area contributed by atoms with Crippen molar-refractivity contribution in [3.63, 3.8) is 0 Å². The lowest BCUT2D eigenvalue weighted by atomic mass is 10.0. The summed E-state index contributed by atoms with van der Waals surface area (Å²) in [7, 11) is 1.67. The van der Waals surface area contributed by atoms with Gasteiger partial charge in [0.1, 0.15) is 11.8 Å². The summed E-state index contributed by atoms with van der Waals surface area (Å²) in [6.07, 6.45) is 7.49. The van der Waals surface area contributed by atoms with E-state index in [9.17, 15) is 0 Å². The Labute approximate surface area is 186 Å². The highest BCUT2D eigenvalue weighted by molar-refractivity contribution is 7.80. The molecule has 2 unspecified atom stereocenters. The summed E-state index contributed by atoms with van der Waals surface area (Å²) in [6, 6.07) is 21.8. The maximum atomic E-state index is 5.81. The summed E-state index contributed by atoms with van der Waals surface area (Å²) >= 11 is 5.81. The molecule has 0 radical (unpaired) electrons. The molecule has 5 rings (SSSR count). The van der Waals surface area contributed by atoms with E-state index in [1.807, 2.05) is 79.3 Å². The summed E-state index contributed by atoms with van der Waals surface area (Å²) in [5.74, 6) is 0.781. The maximum absolute atomic E-state index is 5.81. The Kier molecular flexibility index (Phi) is 5.09. The van der Waals surface area contributed by atoms with Gasteiger partial charge in [-0.3, -0.25) is 9.97 Å². The highest BCUT2D eigenvalue weighted by Crippen LogP contribution is 2.42. The molecule has 1 saturated heterocycles. The van der Waals surface area contributed by atoms with Gasteiger partial charge in [-0.05, 0) is 60.7 Å². The van der Waals surface area contributed by atoms with Crippen LogP contribution in [-0.4, -0.2) is 26.8 Å². The summed E-state index contributed by atoms with van der Waals surface area (Å²) in [6.45, 7) is 0. The number of pyridine rings is 2. The van der Waals surface area contributed by atoms with Crippen LogP contribution >= 0.6 is 12.2 Å². The second-order valence-electron chi connectivity index (χ2n) is 7.21. The molecular weight excluding hydrogens is 406 g/mol. The van der Waals surface area contributed by atoms with Gasteiger partial charge >= 0.3 is 0 Å². The zero-order chi connectivity index (χ0) is 21.2. The van der Waals surface area contributed by atoms with Gasteiger partial charge in [0.2, 0.25) is 0 Å². The maximum Gasteiger partial charge on any atom is 0.174 e. The van der Waals surface area contributed by atoms with Crippen LogP contribution in [0, 0.1) is 0 Å². The van der Waals surface area contributed by atoms with E-state index in [2.05, 4.69) is 30.8 Å². The van der Waals surface area contributed by atoms with Crippen LogP contribution in [0.4, 0.5) is 5.69 Å². The lowest BCUT2D eigenvalue weighted by Gasteiger charge is -2.29. The standard InChI is InChI=1S/C24H21N5OS/c1-30-19-9-4-7-17(15-19)29-23(22(27-24(29)31)20-10-2-3-13-26-20)21-11-6-14-28(21)18-8-5-12-25-16-18/h2-16,22-23H,1H3,(H,27,31). The summed E-state index contributed by atoms with van der Waals surface area (Å²) in [5, 5.41) is 4.14. The van der Waals surface area contributed by atoms with E-state index in [-0.39, 0.29) is 12.1 Å². The molecule has 1 fully saturated rings. The Balaban J connectivity index is 1.67. The quantitative estimate of drug-likeness (QED) is 0.475. The summed E-state index contributed by atoms with van der Waals surface area (Å²) < 4.78 is 7.61. The fourth-order valence-corrected chi connectivity index (χ4v) is 4.41. The molecule has 1 aliphatic rings. The van der Waals surface area contributed by atoms with Crippen molar-refractivity contribution in [1.29, 1.82) is 0 Å². The molecule has 4 heterocycles. The number of nitrogens with zero attached hydrogens (tertiary/aromatic N) is 4. The lowest BCUT2D eigenvalue weighted by Crippen LogP contribution is -2.30. The highest BCUT2D eigenvalue weighted by atomic mass is 32.1. The van der Waals surface area contributed by atoms with Gasteiger partial charge < -0.3 is 19.5 Å². The first kappa shape index (κ1) is 19.3. The molecule has 1 aromatic carbocycles. The Morgan fingerprint density at radius 2 is 1.87 bits per heavy atom. The Bertz CT molecular complexity index is 1190. The smallest absolute Gasteiger partial charge is 0.174 e. The minimum absolute atomic E-state index is 0.120. The van der Waals surface area contributed by atoms with Gasteiger partial charge in [-0.1, -0.05) is 12.1 Å². The average molecular weight is 428 g/mol. The first-order valence-electron chi connectivity index (χ1n) is 9.98. The first-order chi connectivity index (χ1) is 15.3. The van der Waals surface area contributed by atoms with Crippen molar-refractivity contribution in [2.24, 2.45) is 0 Å². The van der Waals surface area contributed by atoms with E-state index >= 15 is 0 Å². The number of benzene rings is 1. The fourth-order valence-electron chi connectivity index (χ4n) is 4.06. The van der Waals surface area contributed by atoms with Gasteiger partial charge in [0.15, 0.2) is 5.11 Å². The van der Waals surface area contributed by atoms with E-state index in [0.29, 0.717) is 5.11 Å². The molecule has 2 atom stereocenters. The molecule has 31 heavy (non-hydrogen) atoms. The predicted octanol–water partition coefficient (Wildman–Crippen LogP) is 4.45. The third-order valence-corrected chi connectivity index (χ3v) is 5.75. The fraction of sp³-hybridized carbons (Fsp3) is 0.125. The number of thiocarbonyl (C=S) groups is 1. The number of methoxy groups -OCH3 is 1. The van der Waals surface area contributed by atoms with Crippen molar-refractivity contribution in [2.45, 2.75) is 12.1 Å². The number of anilines is 1. The normalized spacial score (nSPS) is 18.1. The van der Waals surface area contributed by atoms with Crippen LogP contribution in [-0.2, 0) is 0 Å². The molecule has 0 spiro atoms. The predicted molar refractivity (Wildman–Crippen MR) is 124 cm³/mol. The van der Waals surface area contributed by atoms with E-state index in [1.165, 1.54) is 0 Å². The van der Waals surface area contributed by atoms with E-state index in [1.54, 1.807) is 13.3 Å². The summed E-state index contributed by atoms with van der Waals surface area (Å²) in [5.41, 5.74) is 3.96. The average Bonchev–Trinajstić information content (AvgIpc) is 3.44. The Hall–Kier alpha value is -3.71.